The standard InChI is InChI=1S/C20H26O6/c1-12-3-6-20-11-26-18(25)15(20)8-14(22)9-16(20)19(12,2)5-4-13(10-21)7-17(23)24/h7-8,10,12,14,16,22H,3-6,9,11H2,1-2H3,(H,23,24)/b13-7+/t12-,14-,16+,19-,20-/m0/s1. The summed E-state index contributed by atoms with van der Waals surface area (Å²) in [4.78, 5) is 34.3. The molecule has 1 saturated heterocycles. The van der Waals surface area contributed by atoms with E-state index in [1.807, 2.05) is 0 Å². The molecule has 3 rings (SSSR count). The van der Waals surface area contributed by atoms with Crippen LogP contribution in [0.4, 0.5) is 0 Å². The number of esters is 1. The van der Waals surface area contributed by atoms with Crippen molar-refractivity contribution in [3.63, 3.8) is 0 Å². The fraction of sp³-hybridized carbons (Fsp3) is 0.650. The molecule has 1 heterocycles. The second kappa shape index (κ2) is 6.65. The van der Waals surface area contributed by atoms with Gasteiger partial charge in [0.1, 0.15) is 12.9 Å². The molecule has 1 aliphatic heterocycles. The van der Waals surface area contributed by atoms with Gasteiger partial charge in [0.05, 0.1) is 6.10 Å². The highest BCUT2D eigenvalue weighted by Crippen LogP contribution is 2.63. The van der Waals surface area contributed by atoms with E-state index in [0.29, 0.717) is 43.6 Å². The van der Waals surface area contributed by atoms with Gasteiger partial charge >= 0.3 is 11.9 Å². The van der Waals surface area contributed by atoms with Crippen molar-refractivity contribution >= 4 is 18.2 Å². The van der Waals surface area contributed by atoms with Crippen molar-refractivity contribution < 1.29 is 29.3 Å². The van der Waals surface area contributed by atoms with Gasteiger partial charge in [-0.1, -0.05) is 13.8 Å². The number of hydrogen-bond acceptors (Lipinski definition) is 5. The van der Waals surface area contributed by atoms with Crippen molar-refractivity contribution in [2.45, 2.75) is 52.1 Å². The minimum atomic E-state index is -1.13. The number of aliphatic hydroxyl groups excluding tert-OH is 1. The summed E-state index contributed by atoms with van der Waals surface area (Å²) in [7, 11) is 0. The molecule has 6 nitrogen and oxygen atoms in total. The second-order valence-corrected chi connectivity index (χ2v) is 8.29. The number of aliphatic hydroxyl groups is 1. The zero-order valence-corrected chi connectivity index (χ0v) is 15.2. The number of aldehydes is 1. The topological polar surface area (TPSA) is 101 Å². The Balaban J connectivity index is 1.93. The van der Waals surface area contributed by atoms with Crippen LogP contribution in [-0.2, 0) is 19.1 Å². The van der Waals surface area contributed by atoms with Gasteiger partial charge in [0.25, 0.3) is 0 Å². The summed E-state index contributed by atoms with van der Waals surface area (Å²) in [5.41, 5.74) is 0.274. The number of carbonyl (C=O) groups is 3. The van der Waals surface area contributed by atoms with Crippen molar-refractivity contribution in [3.8, 4) is 0 Å². The normalized spacial score (nSPS) is 39.5. The van der Waals surface area contributed by atoms with Gasteiger partial charge in [0.15, 0.2) is 0 Å². The Morgan fingerprint density at radius 3 is 2.85 bits per heavy atom. The van der Waals surface area contributed by atoms with E-state index in [9.17, 15) is 19.5 Å². The molecule has 2 fully saturated rings. The van der Waals surface area contributed by atoms with Crippen LogP contribution in [0.25, 0.3) is 0 Å². The summed E-state index contributed by atoms with van der Waals surface area (Å²) < 4.78 is 5.37. The van der Waals surface area contributed by atoms with Crippen molar-refractivity contribution in [2.75, 3.05) is 6.61 Å². The maximum absolute atomic E-state index is 12.2. The Morgan fingerprint density at radius 1 is 1.46 bits per heavy atom. The lowest BCUT2D eigenvalue weighted by atomic mass is 9.46. The Morgan fingerprint density at radius 2 is 2.19 bits per heavy atom. The third-order valence-electron chi connectivity index (χ3n) is 7.08. The molecule has 0 radical (unpaired) electrons. The number of ether oxygens (including phenoxy) is 1. The molecule has 0 aromatic carbocycles. The lowest BCUT2D eigenvalue weighted by molar-refractivity contribution is -0.135. The smallest absolute Gasteiger partial charge is 0.334 e. The molecule has 2 N–H and O–H groups in total. The minimum Gasteiger partial charge on any atom is -0.478 e. The number of cyclic esters (lactones) is 1. The van der Waals surface area contributed by atoms with Crippen molar-refractivity contribution in [1.29, 1.82) is 0 Å². The summed E-state index contributed by atoms with van der Waals surface area (Å²) in [5.74, 6) is -1.07. The molecule has 5 atom stereocenters. The summed E-state index contributed by atoms with van der Waals surface area (Å²) in [5, 5.41) is 19.3. The molecular weight excluding hydrogens is 336 g/mol. The SMILES string of the molecule is C[C@H]1CC[C@]23COC(=O)C2=C[C@H](O)C[C@@H]3[C@@]1(C)CC/C(C=O)=C\C(=O)O. The van der Waals surface area contributed by atoms with E-state index < -0.39 is 12.1 Å². The molecule has 0 aromatic rings. The highest BCUT2D eigenvalue weighted by Gasteiger charge is 2.61. The van der Waals surface area contributed by atoms with Gasteiger partial charge in [-0.05, 0) is 61.0 Å². The van der Waals surface area contributed by atoms with Crippen LogP contribution < -0.4 is 0 Å². The van der Waals surface area contributed by atoms with Gasteiger partial charge in [0.2, 0.25) is 0 Å². The van der Waals surface area contributed by atoms with Crippen LogP contribution in [-0.4, -0.2) is 41.1 Å². The Kier molecular flexibility index (Phi) is 4.82. The van der Waals surface area contributed by atoms with Crippen LogP contribution in [0.15, 0.2) is 23.3 Å². The van der Waals surface area contributed by atoms with E-state index in [4.69, 9.17) is 9.84 Å². The molecule has 3 aliphatic rings. The van der Waals surface area contributed by atoms with Crippen LogP contribution in [0, 0.1) is 22.7 Å². The number of carboxylic acid groups (broad SMARTS) is 1. The average molecular weight is 362 g/mol. The predicted octanol–water partition coefficient (Wildman–Crippen LogP) is 2.26. The molecule has 2 aliphatic carbocycles. The highest BCUT2D eigenvalue weighted by molar-refractivity contribution is 5.93. The van der Waals surface area contributed by atoms with Gasteiger partial charge in [0, 0.05) is 17.1 Å². The van der Waals surface area contributed by atoms with Crippen molar-refractivity contribution in [3.05, 3.63) is 23.3 Å². The molecular formula is C20H26O6. The Hall–Kier alpha value is -1.95. The number of allylic oxidation sites excluding steroid dienone is 1. The number of hydrogen-bond donors (Lipinski definition) is 2. The lowest BCUT2D eigenvalue weighted by Crippen LogP contribution is -2.53. The largest absolute Gasteiger partial charge is 0.478 e. The third kappa shape index (κ3) is 2.90. The van der Waals surface area contributed by atoms with Gasteiger partial charge in [-0.2, -0.15) is 0 Å². The molecule has 0 unspecified atom stereocenters. The first-order valence-corrected chi connectivity index (χ1v) is 9.19. The fourth-order valence-corrected chi connectivity index (χ4v) is 5.39. The summed E-state index contributed by atoms with van der Waals surface area (Å²) >= 11 is 0. The first kappa shape index (κ1) is 18.8. The maximum atomic E-state index is 12.2. The fourth-order valence-electron chi connectivity index (χ4n) is 5.39. The maximum Gasteiger partial charge on any atom is 0.334 e. The molecule has 1 saturated carbocycles. The van der Waals surface area contributed by atoms with E-state index in [1.165, 1.54) is 0 Å². The molecule has 0 bridgehead atoms. The van der Waals surface area contributed by atoms with Crippen LogP contribution in [0.2, 0.25) is 0 Å². The van der Waals surface area contributed by atoms with Gasteiger partial charge < -0.3 is 14.9 Å². The highest BCUT2D eigenvalue weighted by atomic mass is 16.5. The number of rotatable bonds is 5. The Labute approximate surface area is 152 Å². The van der Waals surface area contributed by atoms with Gasteiger partial charge in [-0.25, -0.2) is 9.59 Å². The quantitative estimate of drug-likeness (QED) is 0.442. The summed E-state index contributed by atoms with van der Waals surface area (Å²) in [6.45, 7) is 4.66. The first-order valence-electron chi connectivity index (χ1n) is 9.19. The summed E-state index contributed by atoms with van der Waals surface area (Å²) in [6, 6.07) is 0. The lowest BCUT2D eigenvalue weighted by Gasteiger charge is -2.57. The van der Waals surface area contributed by atoms with E-state index in [-0.39, 0.29) is 28.3 Å². The predicted molar refractivity (Wildman–Crippen MR) is 93.1 cm³/mol. The van der Waals surface area contributed by atoms with E-state index in [0.717, 1.165) is 18.9 Å². The van der Waals surface area contributed by atoms with Gasteiger partial charge in [-0.15, -0.1) is 0 Å². The van der Waals surface area contributed by atoms with Crippen LogP contribution >= 0.6 is 0 Å². The van der Waals surface area contributed by atoms with Crippen LogP contribution in [0.3, 0.4) is 0 Å². The molecule has 0 aromatic heterocycles. The molecule has 26 heavy (non-hydrogen) atoms. The summed E-state index contributed by atoms with van der Waals surface area (Å²) in [6.07, 6.45) is 5.87. The zero-order valence-electron chi connectivity index (χ0n) is 15.2. The van der Waals surface area contributed by atoms with E-state index >= 15 is 0 Å². The molecule has 6 heteroatoms. The number of aliphatic carboxylic acids is 1. The minimum absolute atomic E-state index is 0.0536. The monoisotopic (exact) mass is 362 g/mol. The van der Waals surface area contributed by atoms with Crippen LogP contribution in [0.5, 0.6) is 0 Å². The average Bonchev–Trinajstić information content (AvgIpc) is 2.91. The third-order valence-corrected chi connectivity index (χ3v) is 7.08. The first-order chi connectivity index (χ1) is 12.2. The van der Waals surface area contributed by atoms with Crippen molar-refractivity contribution in [2.24, 2.45) is 22.7 Å². The van der Waals surface area contributed by atoms with Gasteiger partial charge in [-0.3, -0.25) is 4.79 Å². The van der Waals surface area contributed by atoms with E-state index in [1.54, 1.807) is 6.08 Å². The van der Waals surface area contributed by atoms with Crippen molar-refractivity contribution in [1.82, 2.24) is 0 Å². The molecule has 142 valence electrons. The molecule has 1 spiro atoms. The zero-order chi connectivity index (χ0) is 19.1. The number of carboxylic acids is 1. The molecule has 0 amide bonds. The Bertz CT molecular complexity index is 692. The van der Waals surface area contributed by atoms with E-state index in [2.05, 4.69) is 13.8 Å². The van der Waals surface area contributed by atoms with Crippen LogP contribution in [0.1, 0.15) is 46.0 Å². The second-order valence-electron chi connectivity index (χ2n) is 8.29. The number of carbonyl (C=O) groups excluding carboxylic acids is 2.